The van der Waals surface area contributed by atoms with E-state index in [0.29, 0.717) is 13.8 Å². The van der Waals surface area contributed by atoms with Crippen molar-refractivity contribution in [1.29, 1.82) is 0 Å². The SMILES string of the molecule is [2H]C([2H])([2H])C([2H])(C)C([2H])([2H])C1CN2C(CC1OC(=O)[C@@]([2H])(N)C([2H])(C([2H])([2H])[2H])C([2H])([2H])[2H])c1cc(OC)c(OC)cc1C([2H])([2H])C2([2H])[2H].[2H]c1c2c(c([2H])c(OC)c1OC([2H])([2H])[2H])C1([2H])CC([2H])(OC(=O)[C@@]([2H])(N)C([2H])(C([2H])([2H])[2H])C([2H])([2H])[2H])C(C([2H])([2H])C([2H])(C)C([2H])([2H])[2H])CN1CC2.[2H]c1c2c(c([2H])c(OC)c1OC([2H])([2H])[2H])C1([2H])CC([2H])(OC(=O)[C@@]([2H])(N)C([2H])(C([2H])([2H])[2H])C([2H])([2H])[2H])C(C([2H])([2H])C([2H])(C)C([2H])([2H])[2H])CN1CC2.[2H]c1c2c(c([2H])c(OC)c1OC)C1([2H])CC([2H])(OC(=O)[C@@]([2H])(N)C([2H])(C([2H])([2H])[2H])C([2H])([2H])[2H])C(C([2H])([2H])C([2H])(C)C([2H])([2H])[2H])CN1CC2. The molecule has 0 aliphatic carbocycles. The molecule has 4 saturated heterocycles. The van der Waals surface area contributed by atoms with Crippen LogP contribution in [0.2, 0.25) is 0 Å². The normalized spacial score (nSPS) is 44.2. The highest BCUT2D eigenvalue weighted by Gasteiger charge is 2.47. The number of hydrogen-bond acceptors (Lipinski definition) is 24. The van der Waals surface area contributed by atoms with E-state index in [1.807, 2.05) is 0 Å². The van der Waals surface area contributed by atoms with Gasteiger partial charge in [0.05, 0.1) is 86.9 Å². The largest absolute Gasteiger partial charge is 0.493 e. The molecule has 4 aromatic rings. The molecule has 120 heavy (non-hydrogen) atoms. The first kappa shape index (κ1) is 35.7. The van der Waals surface area contributed by atoms with Gasteiger partial charge in [-0.1, -0.05) is 110 Å². The van der Waals surface area contributed by atoms with Gasteiger partial charge in [0, 0.05) is 203 Å². The minimum atomic E-state index is -4.13. The monoisotopic (exact) mass is 1750 g/mol. The van der Waals surface area contributed by atoms with Crippen LogP contribution in [-0.2, 0) is 63.8 Å². The maximum Gasteiger partial charge on any atom is 0.323 e. The molecule has 24 heteroatoms. The number of carbonyl (C=O) groups excluding carboxylic acids is 4. The van der Waals surface area contributed by atoms with Gasteiger partial charge in [-0.2, -0.15) is 0 Å². The Balaban J connectivity index is 0.000000286. The van der Waals surface area contributed by atoms with Gasteiger partial charge in [0.2, 0.25) is 0 Å². The van der Waals surface area contributed by atoms with Crippen LogP contribution in [0.4, 0.5) is 0 Å². The Bertz CT molecular complexity index is 7380. The summed E-state index contributed by atoms with van der Waals surface area (Å²) in [4.78, 5) is 59.1. The van der Waals surface area contributed by atoms with Gasteiger partial charge in [0.25, 0.3) is 0 Å². The van der Waals surface area contributed by atoms with Crippen LogP contribution in [0.25, 0.3) is 0 Å². The molecule has 20 atom stereocenters. The van der Waals surface area contributed by atoms with Crippen molar-refractivity contribution < 1.29 is 183 Å². The summed E-state index contributed by atoms with van der Waals surface area (Å²) in [6.07, 6.45) is -32.7. The molecule has 0 amide bonds. The second-order valence-corrected chi connectivity index (χ2v) is 27.7. The highest BCUT2D eigenvalue weighted by molar-refractivity contribution is 5.77. The number of piperidine rings is 4. The quantitative estimate of drug-likeness (QED) is 0.0303. The van der Waals surface area contributed by atoms with Gasteiger partial charge in [0.15, 0.2) is 46.0 Å². The lowest BCUT2D eigenvalue weighted by atomic mass is 9.79. The van der Waals surface area contributed by atoms with Crippen molar-refractivity contribution in [2.75, 3.05) is 109 Å². The number of nitrogens with two attached hydrogens (primary N) is 4. The standard InChI is InChI=1S/4C24H38N2O4/c4*1-14(2)9-17-13-26-8-7-16-10-21(28-5)22(29-6)11-18(16)19(26)12-20(17)30-24(27)23(25)15(3)4/h4*10-11,14-15,17,19-20,23H,7-9,12-13,25H2,1-6H3/t4*17?,19?,20?,23-/m0000/s1/i2*1D3,3D3,4D3,5D3,9D2,10D,11D,14D,15D,19D,20D,23D;1D3,3D3,4D3,9D2,10D,11D,14D,15D,19D,20D,23D;1D3,3D3,4D3,7D2,8D2,9D2,14D,15D,23D/t4*14?,17?,19?,20?,23-. The molecule has 0 aromatic heterocycles. The van der Waals surface area contributed by atoms with E-state index in [0.717, 1.165) is 42.8 Å². The predicted molar refractivity (Wildman–Crippen MR) is 471 cm³/mol. The molecule has 4 aromatic carbocycles. The van der Waals surface area contributed by atoms with Crippen molar-refractivity contribution in [1.82, 2.24) is 19.6 Å². The zero-order valence-corrected chi connectivity index (χ0v) is 67.1. The number of nitrogens with zero attached hydrogens (tertiary/aromatic N) is 4. The van der Waals surface area contributed by atoms with Crippen LogP contribution in [0, 0.1) is 70.8 Å². The summed E-state index contributed by atoms with van der Waals surface area (Å²) in [5, 5.41) is 0. The van der Waals surface area contributed by atoms with Crippen LogP contribution in [0.15, 0.2) is 48.4 Å². The van der Waals surface area contributed by atoms with Gasteiger partial charge in [-0.05, 0) is 191 Å². The first-order valence-electron chi connectivity index (χ1n) is 75.7. The molecule has 4 fully saturated rings. The minimum absolute atomic E-state index is 0.0177. The smallest absolute Gasteiger partial charge is 0.323 e. The number of aryl methyl sites for hydroxylation is 1. The van der Waals surface area contributed by atoms with Crippen molar-refractivity contribution in [2.45, 2.75) is 259 Å². The second-order valence-electron chi connectivity index (χ2n) is 27.7. The average molecular weight is 1750 g/mol. The zero-order chi connectivity index (χ0) is 156. The highest BCUT2D eigenvalue weighted by atomic mass is 16.6. The maximum absolute atomic E-state index is 13.7. The lowest BCUT2D eigenvalue weighted by molar-refractivity contribution is -0.161. The predicted octanol–water partition coefficient (Wildman–Crippen LogP) is 14.3. The summed E-state index contributed by atoms with van der Waals surface area (Å²) in [6, 6.07) is -25.6. The lowest BCUT2D eigenvalue weighted by Crippen LogP contribution is -2.51. The number of carbonyl (C=O) groups is 4. The molecule has 12 rings (SSSR count). The van der Waals surface area contributed by atoms with E-state index in [1.54, 1.807) is 0 Å². The third kappa shape index (κ3) is 23.8. The molecule has 8 aliphatic heterocycles. The van der Waals surface area contributed by atoms with Gasteiger partial charge < -0.3 is 79.8 Å². The van der Waals surface area contributed by atoms with E-state index in [-0.39, 0.29) is 101 Å². The van der Waals surface area contributed by atoms with Crippen LogP contribution in [0.1, 0.15) is 337 Å². The van der Waals surface area contributed by atoms with Crippen LogP contribution in [0.3, 0.4) is 0 Å². The van der Waals surface area contributed by atoms with Gasteiger partial charge >= 0.3 is 23.9 Å². The van der Waals surface area contributed by atoms with E-state index in [4.69, 9.17) is 178 Å². The Kier molecular flexibility index (Phi) is 13.1. The molecule has 0 radical (unpaired) electrons. The first-order valence-corrected chi connectivity index (χ1v) is 36.7. The molecule has 16 unspecified atom stereocenters. The third-order valence-corrected chi connectivity index (χ3v) is 19.7. The Morgan fingerprint density at radius 3 is 1.04 bits per heavy atom. The van der Waals surface area contributed by atoms with Crippen molar-refractivity contribution in [3.8, 4) is 46.0 Å². The summed E-state index contributed by atoms with van der Waals surface area (Å²) in [5.41, 5.74) is 21.3. The molecule has 24 nitrogen and oxygen atoms in total. The molecule has 0 spiro atoms. The number of esters is 4. The number of benzene rings is 4. The van der Waals surface area contributed by atoms with Crippen LogP contribution < -0.4 is 60.8 Å². The summed E-state index contributed by atoms with van der Waals surface area (Å²) < 4.78 is 704. The first-order chi connectivity index (χ1) is 87.3. The van der Waals surface area contributed by atoms with Gasteiger partial charge in [-0.25, -0.2) is 0 Å². The van der Waals surface area contributed by atoms with E-state index in [1.165, 1.54) is 45.5 Å². The number of hydrogen-bond donors (Lipinski definition) is 4. The Labute approximate surface area is 828 Å². The van der Waals surface area contributed by atoms with Crippen LogP contribution >= 0.6 is 0 Å². The maximum atomic E-state index is 13.7. The summed E-state index contributed by atoms with van der Waals surface area (Å²) >= 11 is 0. The minimum Gasteiger partial charge on any atom is -0.493 e. The molecule has 8 heterocycles. The van der Waals surface area contributed by atoms with E-state index >= 15 is 0 Å². The van der Waals surface area contributed by atoms with Crippen LogP contribution in [0.5, 0.6) is 46.0 Å². The Morgan fingerprint density at radius 1 is 0.408 bits per heavy atom. The molecular weight excluding hydrogens is 1520 g/mol. The van der Waals surface area contributed by atoms with Crippen LogP contribution in [-0.4, -0.2) is 201 Å². The average Bonchev–Trinajstić information content (AvgIpc) is 0.694. The second kappa shape index (κ2) is 43.9. The molecule has 0 saturated carbocycles. The molecule has 8 aliphatic rings. The highest BCUT2D eigenvalue weighted by Crippen LogP contribution is 2.50. The lowest BCUT2D eigenvalue weighted by Gasteiger charge is -2.47. The fraction of sp³-hybridized carbons (Fsp3) is 0.708. The number of rotatable bonds is 28. The number of ether oxygens (including phenoxy) is 12. The Hall–Kier alpha value is -7.16. The van der Waals surface area contributed by atoms with Crippen molar-refractivity contribution in [2.24, 2.45) is 93.8 Å². The summed E-state index contributed by atoms with van der Waals surface area (Å²) in [5.74, 6) is -49.2. The fourth-order valence-electron chi connectivity index (χ4n) is 14.1. The summed E-state index contributed by atoms with van der Waals surface area (Å²) in [7, 11) is 0.705. The van der Waals surface area contributed by atoms with E-state index in [9.17, 15) is 27.4 Å². The third-order valence-electron chi connectivity index (χ3n) is 19.7. The summed E-state index contributed by atoms with van der Waals surface area (Å²) in [6.45, 7) is -49.3. The topological polar surface area (TPSA) is 296 Å². The molecular formula is C96H152N8O16. The molecule has 8 N–H and O–H groups in total. The molecule has 672 valence electrons. The zero-order valence-electron chi connectivity index (χ0n) is 145. The van der Waals surface area contributed by atoms with Crippen molar-refractivity contribution in [3.63, 3.8) is 0 Å². The van der Waals surface area contributed by atoms with Gasteiger partial charge in [-0.3, -0.25) is 38.8 Å². The van der Waals surface area contributed by atoms with E-state index in [2.05, 4.69) is 0 Å². The molecule has 0 bridgehead atoms. The number of fused-ring (bicyclic) bond motifs is 12. The van der Waals surface area contributed by atoms with E-state index < -0.39 is 418 Å². The van der Waals surface area contributed by atoms with Gasteiger partial charge in [0.1, 0.15) is 48.4 Å². The van der Waals surface area contributed by atoms with Crippen molar-refractivity contribution >= 4 is 23.9 Å². The fourth-order valence-corrected chi connectivity index (χ4v) is 14.1. The van der Waals surface area contributed by atoms with Crippen molar-refractivity contribution in [3.05, 3.63) is 92.9 Å². The Morgan fingerprint density at radius 2 is 0.717 bits per heavy atom. The number of methoxy groups -OCH3 is 8. The van der Waals surface area contributed by atoms with Gasteiger partial charge in [-0.15, -0.1) is 0 Å².